The number of methoxy groups -OCH3 is 1. The summed E-state index contributed by atoms with van der Waals surface area (Å²) >= 11 is 4.52. The first-order valence-electron chi connectivity index (χ1n) is 12.5. The first-order valence-corrected chi connectivity index (χ1v) is 12.9. The molecule has 3 fully saturated rings. The molecule has 37 heavy (non-hydrogen) atoms. The summed E-state index contributed by atoms with van der Waals surface area (Å²) in [5.41, 5.74) is -0.666. The Morgan fingerprint density at radius 2 is 2.03 bits per heavy atom. The van der Waals surface area contributed by atoms with E-state index in [0.717, 1.165) is 5.56 Å². The van der Waals surface area contributed by atoms with Gasteiger partial charge in [-0.3, -0.25) is 14.4 Å². The van der Waals surface area contributed by atoms with Crippen LogP contribution in [-0.4, -0.2) is 48.4 Å². The maximum absolute atomic E-state index is 14.1. The molecule has 0 aliphatic heterocycles. The zero-order chi connectivity index (χ0) is 27.0. The number of esters is 2. The number of aliphatic imine (C=N–C) groups is 1. The van der Waals surface area contributed by atoms with Crippen LogP contribution in [0.1, 0.15) is 70.1 Å². The summed E-state index contributed by atoms with van der Waals surface area (Å²) in [7, 11) is 1.31. The molecule has 0 saturated heterocycles. The van der Waals surface area contributed by atoms with Gasteiger partial charge < -0.3 is 13.9 Å². The number of carbonyl (C=O) groups is 4. The predicted octanol–water partition coefficient (Wildman–Crippen LogP) is 3.91. The van der Waals surface area contributed by atoms with Gasteiger partial charge in [-0.25, -0.2) is 9.79 Å². The normalized spacial score (nSPS) is 34.6. The molecule has 3 saturated carbocycles. The monoisotopic (exact) mass is 525 g/mol. The number of fused-ring (bicyclic) bond motifs is 3. The fourth-order valence-corrected chi connectivity index (χ4v) is 7.52. The molecule has 3 aliphatic rings. The second-order valence-corrected chi connectivity index (χ2v) is 11.0. The minimum atomic E-state index is -1.14. The van der Waals surface area contributed by atoms with Gasteiger partial charge in [0.25, 0.3) is 0 Å². The number of rotatable bonds is 5. The van der Waals surface area contributed by atoms with Crippen LogP contribution in [0.2, 0.25) is 0 Å². The number of hydrogen-bond donors (Lipinski definition) is 0. The molecule has 0 N–H and O–H groups in total. The van der Waals surface area contributed by atoms with Gasteiger partial charge in [0.1, 0.15) is 12.3 Å². The maximum Gasteiger partial charge on any atom is 0.329 e. The third kappa shape index (κ3) is 4.58. The summed E-state index contributed by atoms with van der Waals surface area (Å²) in [6.45, 7) is 5.27. The highest BCUT2D eigenvalue weighted by Crippen LogP contribution is 2.65. The van der Waals surface area contributed by atoms with E-state index in [2.05, 4.69) is 34.2 Å². The van der Waals surface area contributed by atoms with Crippen LogP contribution in [0.25, 0.3) is 0 Å². The SMILES string of the molecule is CC#Cc1occc1C1CC(=O)C2CCC3(C)C(C(=O)OC)CC(OC(=O)CN=C=S)C(=O)C3C2(C)C1. The molecular formula is C28H31NO7S. The molecule has 4 rings (SSSR count). The molecule has 1 heterocycles. The van der Waals surface area contributed by atoms with Crippen LogP contribution in [0.4, 0.5) is 0 Å². The lowest BCUT2D eigenvalue weighted by atomic mass is 9.41. The number of ether oxygens (including phenoxy) is 2. The first-order chi connectivity index (χ1) is 17.6. The lowest BCUT2D eigenvalue weighted by molar-refractivity contribution is -0.193. The Morgan fingerprint density at radius 3 is 2.70 bits per heavy atom. The van der Waals surface area contributed by atoms with Gasteiger partial charge in [-0.1, -0.05) is 19.8 Å². The van der Waals surface area contributed by atoms with Gasteiger partial charge in [-0.05, 0) is 67.1 Å². The highest BCUT2D eigenvalue weighted by atomic mass is 32.1. The first kappa shape index (κ1) is 27.0. The van der Waals surface area contributed by atoms with E-state index < -0.39 is 40.7 Å². The average molecular weight is 526 g/mol. The van der Waals surface area contributed by atoms with Gasteiger partial charge in [-0.2, -0.15) is 0 Å². The molecule has 0 amide bonds. The zero-order valence-corrected chi connectivity index (χ0v) is 22.3. The number of Topliss-reactive ketones (excluding diaryl/α,β-unsaturated/α-hetero) is 2. The highest BCUT2D eigenvalue weighted by molar-refractivity contribution is 7.78. The molecule has 8 nitrogen and oxygen atoms in total. The Bertz CT molecular complexity index is 1230. The van der Waals surface area contributed by atoms with E-state index >= 15 is 0 Å². The van der Waals surface area contributed by atoms with Crippen LogP contribution in [0.15, 0.2) is 21.7 Å². The van der Waals surface area contributed by atoms with Crippen molar-refractivity contribution in [2.24, 2.45) is 33.6 Å². The van der Waals surface area contributed by atoms with Crippen molar-refractivity contribution in [3.05, 3.63) is 23.7 Å². The minimum absolute atomic E-state index is 0.0294. The lowest BCUT2D eigenvalue weighted by Crippen LogP contribution is -2.64. The van der Waals surface area contributed by atoms with Crippen molar-refractivity contribution in [2.75, 3.05) is 13.7 Å². The average Bonchev–Trinajstić information content (AvgIpc) is 3.31. The molecule has 196 valence electrons. The van der Waals surface area contributed by atoms with Crippen LogP contribution in [0, 0.1) is 40.4 Å². The smallest absolute Gasteiger partial charge is 0.329 e. The van der Waals surface area contributed by atoms with E-state index in [1.54, 1.807) is 13.2 Å². The van der Waals surface area contributed by atoms with Crippen molar-refractivity contribution in [1.82, 2.24) is 0 Å². The lowest BCUT2D eigenvalue weighted by Gasteiger charge is -2.61. The van der Waals surface area contributed by atoms with Crippen molar-refractivity contribution in [1.29, 1.82) is 0 Å². The van der Waals surface area contributed by atoms with Crippen LogP contribution in [0.5, 0.6) is 0 Å². The minimum Gasteiger partial charge on any atom is -0.469 e. The number of nitrogens with zero attached hydrogens (tertiary/aromatic N) is 1. The summed E-state index contributed by atoms with van der Waals surface area (Å²) in [6.07, 6.45) is 2.43. The summed E-state index contributed by atoms with van der Waals surface area (Å²) in [5, 5.41) is 2.11. The van der Waals surface area contributed by atoms with Crippen molar-refractivity contribution < 1.29 is 33.1 Å². The van der Waals surface area contributed by atoms with E-state index in [0.29, 0.717) is 31.4 Å². The Hall–Kier alpha value is -3.08. The van der Waals surface area contributed by atoms with Gasteiger partial charge in [-0.15, -0.1) is 0 Å². The van der Waals surface area contributed by atoms with Crippen LogP contribution in [-0.2, 0) is 28.7 Å². The van der Waals surface area contributed by atoms with Crippen molar-refractivity contribution in [3.8, 4) is 11.8 Å². The molecule has 0 radical (unpaired) electrons. The molecule has 0 bridgehead atoms. The molecule has 0 spiro atoms. The summed E-state index contributed by atoms with van der Waals surface area (Å²) in [5.74, 6) is 3.10. The zero-order valence-electron chi connectivity index (χ0n) is 21.5. The van der Waals surface area contributed by atoms with E-state index in [1.807, 2.05) is 19.9 Å². The van der Waals surface area contributed by atoms with E-state index in [4.69, 9.17) is 13.9 Å². The number of carbonyl (C=O) groups excluding carboxylic acids is 4. The Kier molecular flexibility index (Phi) is 7.55. The van der Waals surface area contributed by atoms with Crippen LogP contribution < -0.4 is 0 Å². The number of hydrogen-bond acceptors (Lipinski definition) is 9. The van der Waals surface area contributed by atoms with Gasteiger partial charge >= 0.3 is 11.9 Å². The molecule has 7 atom stereocenters. The molecule has 0 aromatic carbocycles. The second kappa shape index (κ2) is 10.4. The fourth-order valence-electron chi connectivity index (χ4n) is 7.45. The van der Waals surface area contributed by atoms with Crippen molar-refractivity contribution in [2.45, 2.75) is 64.9 Å². The molecule has 7 unspecified atom stereocenters. The topological polar surface area (TPSA) is 112 Å². The third-order valence-corrected chi connectivity index (χ3v) is 8.99. The van der Waals surface area contributed by atoms with E-state index in [-0.39, 0.29) is 36.4 Å². The maximum atomic E-state index is 14.1. The van der Waals surface area contributed by atoms with E-state index in [1.165, 1.54) is 7.11 Å². The molecule has 1 aromatic heterocycles. The molecular weight excluding hydrogens is 494 g/mol. The number of isothiocyanates is 1. The predicted molar refractivity (Wildman–Crippen MR) is 136 cm³/mol. The van der Waals surface area contributed by atoms with Gasteiger partial charge in [0, 0.05) is 30.2 Å². The van der Waals surface area contributed by atoms with Gasteiger partial charge in [0.2, 0.25) is 0 Å². The Balaban J connectivity index is 1.77. The second-order valence-electron chi connectivity index (χ2n) is 10.8. The standard InChI is InChI=1S/C28H31NO7S/c1-5-6-21-17(8-10-35-21)16-11-20(30)18-7-9-27(2)19(26(33)34-4)12-22(36-23(31)14-29-15-37)24(32)25(27)28(18,3)13-16/h8,10,16,18-19,22,25H,7,9,11-14H2,1-4H3. The summed E-state index contributed by atoms with van der Waals surface area (Å²) < 4.78 is 16.2. The van der Waals surface area contributed by atoms with Crippen LogP contribution in [0.3, 0.4) is 0 Å². The Morgan fingerprint density at radius 1 is 1.27 bits per heavy atom. The number of ketones is 2. The van der Waals surface area contributed by atoms with Crippen molar-refractivity contribution >= 4 is 40.9 Å². The molecule has 9 heteroatoms. The largest absolute Gasteiger partial charge is 0.469 e. The van der Waals surface area contributed by atoms with Crippen molar-refractivity contribution in [3.63, 3.8) is 0 Å². The summed E-state index contributed by atoms with van der Waals surface area (Å²) in [4.78, 5) is 56.7. The Labute approximate surface area is 221 Å². The highest BCUT2D eigenvalue weighted by Gasteiger charge is 2.67. The fraction of sp³-hybridized carbons (Fsp3) is 0.607. The number of thiocarbonyl (C=S) groups is 1. The summed E-state index contributed by atoms with van der Waals surface area (Å²) in [6, 6.07) is 1.84. The van der Waals surface area contributed by atoms with E-state index in [9.17, 15) is 19.2 Å². The van der Waals surface area contributed by atoms with Crippen LogP contribution >= 0.6 is 12.2 Å². The number of furan rings is 1. The quantitative estimate of drug-likeness (QED) is 0.246. The third-order valence-electron chi connectivity index (χ3n) is 8.86. The van der Waals surface area contributed by atoms with Gasteiger partial charge in [0.05, 0.1) is 24.5 Å². The molecule has 1 aromatic rings. The molecule has 3 aliphatic carbocycles. The van der Waals surface area contributed by atoms with Gasteiger partial charge in [0.15, 0.2) is 17.6 Å².